The van der Waals surface area contributed by atoms with Gasteiger partial charge in [0.15, 0.2) is 12.3 Å². The molecule has 0 radical (unpaired) electrons. The standard InChI is InChI=1S/C28H36N6O10/c1-4-43-27(42)33-14-12-32(13-15-33)25(39)19(10-11-23(36)37)29-24(38)20-16-22(34(31-20)18-8-6-5-7-9-18)44-17-21(35)30-28(2,3)26(40)41/h5-9,16,19H,4,10-15,17H2,1-3H3,(H,29,38)(H,30,35)(H,36,37)(H,40,41)/t19-/m0/s1. The summed E-state index contributed by atoms with van der Waals surface area (Å²) in [5.41, 5.74) is -1.25. The van der Waals surface area contributed by atoms with Crippen LogP contribution in [0.3, 0.4) is 0 Å². The fourth-order valence-electron chi connectivity index (χ4n) is 4.21. The van der Waals surface area contributed by atoms with Crippen molar-refractivity contribution in [1.82, 2.24) is 30.2 Å². The summed E-state index contributed by atoms with van der Waals surface area (Å²) in [6.07, 6.45) is -1.08. The Hall–Kier alpha value is -5.15. The first-order valence-corrected chi connectivity index (χ1v) is 13.9. The van der Waals surface area contributed by atoms with E-state index in [-0.39, 0.29) is 50.8 Å². The zero-order valence-corrected chi connectivity index (χ0v) is 24.6. The maximum absolute atomic E-state index is 13.4. The van der Waals surface area contributed by atoms with Crippen LogP contribution in [0.5, 0.6) is 5.88 Å². The summed E-state index contributed by atoms with van der Waals surface area (Å²) in [5, 5.41) is 27.7. The molecule has 44 heavy (non-hydrogen) atoms. The van der Waals surface area contributed by atoms with Crippen molar-refractivity contribution < 1.29 is 48.5 Å². The average Bonchev–Trinajstić information content (AvgIpc) is 3.42. The molecule has 2 heterocycles. The van der Waals surface area contributed by atoms with Gasteiger partial charge in [0, 0.05) is 38.7 Å². The Kier molecular flexibility index (Phi) is 11.2. The van der Waals surface area contributed by atoms with Crippen LogP contribution >= 0.6 is 0 Å². The molecule has 238 valence electrons. The summed E-state index contributed by atoms with van der Waals surface area (Å²) < 4.78 is 11.9. The van der Waals surface area contributed by atoms with Gasteiger partial charge < -0.3 is 40.1 Å². The highest BCUT2D eigenvalue weighted by atomic mass is 16.6. The van der Waals surface area contributed by atoms with Gasteiger partial charge in [0.1, 0.15) is 11.6 Å². The highest BCUT2D eigenvalue weighted by Crippen LogP contribution is 2.20. The van der Waals surface area contributed by atoms with E-state index in [9.17, 15) is 39.0 Å². The second kappa shape index (κ2) is 14.8. The molecule has 4 N–H and O–H groups in total. The summed E-state index contributed by atoms with van der Waals surface area (Å²) in [6.45, 7) is 4.69. The Labute approximate surface area is 252 Å². The van der Waals surface area contributed by atoms with E-state index in [1.54, 1.807) is 37.3 Å². The minimum absolute atomic E-state index is 0.0202. The molecule has 1 aromatic heterocycles. The molecular weight excluding hydrogens is 580 g/mol. The number of rotatable bonds is 13. The van der Waals surface area contributed by atoms with Crippen LogP contribution in [0.25, 0.3) is 5.69 Å². The number of hydrogen-bond donors (Lipinski definition) is 4. The number of ether oxygens (including phenoxy) is 2. The van der Waals surface area contributed by atoms with Crippen LogP contribution in [0.2, 0.25) is 0 Å². The Morgan fingerprint density at radius 1 is 1.00 bits per heavy atom. The summed E-state index contributed by atoms with van der Waals surface area (Å²) >= 11 is 0. The molecule has 3 rings (SSSR count). The highest BCUT2D eigenvalue weighted by Gasteiger charge is 2.32. The number of carbonyl (C=O) groups is 6. The van der Waals surface area contributed by atoms with Crippen molar-refractivity contribution in [2.75, 3.05) is 39.4 Å². The second-order valence-electron chi connectivity index (χ2n) is 10.4. The van der Waals surface area contributed by atoms with Gasteiger partial charge in [0.25, 0.3) is 11.8 Å². The van der Waals surface area contributed by atoms with Crippen LogP contribution in [0.1, 0.15) is 44.1 Å². The third-order valence-corrected chi connectivity index (χ3v) is 6.62. The van der Waals surface area contributed by atoms with Crippen LogP contribution in [0.4, 0.5) is 4.79 Å². The lowest BCUT2D eigenvalue weighted by Crippen LogP contribution is -2.56. The molecule has 1 atom stereocenters. The van der Waals surface area contributed by atoms with Crippen molar-refractivity contribution in [2.24, 2.45) is 0 Å². The number of hydrogen-bond acceptors (Lipinski definition) is 9. The van der Waals surface area contributed by atoms with E-state index in [1.807, 2.05) is 0 Å². The molecule has 2 aromatic rings. The summed E-state index contributed by atoms with van der Waals surface area (Å²) in [5.74, 6) is -4.46. The van der Waals surface area contributed by atoms with E-state index in [2.05, 4.69) is 15.7 Å². The molecule has 1 aliphatic rings. The third kappa shape index (κ3) is 8.92. The van der Waals surface area contributed by atoms with Gasteiger partial charge >= 0.3 is 18.0 Å². The fraction of sp³-hybridized carbons (Fsp3) is 0.464. The molecule has 0 spiro atoms. The van der Waals surface area contributed by atoms with Crippen molar-refractivity contribution in [3.05, 3.63) is 42.1 Å². The third-order valence-electron chi connectivity index (χ3n) is 6.62. The predicted octanol–water partition coefficient (Wildman–Crippen LogP) is 0.494. The number of carboxylic acids is 2. The van der Waals surface area contributed by atoms with E-state index < -0.39 is 60.4 Å². The SMILES string of the molecule is CCOC(=O)N1CCN(C(=O)[C@H](CCC(=O)O)NC(=O)c2cc(OCC(=O)NC(C)(C)C(=O)O)n(-c3ccccc3)n2)CC1. The number of carboxylic acid groups (broad SMARTS) is 2. The largest absolute Gasteiger partial charge is 0.481 e. The summed E-state index contributed by atoms with van der Waals surface area (Å²) in [7, 11) is 0. The fourth-order valence-corrected chi connectivity index (χ4v) is 4.21. The van der Waals surface area contributed by atoms with Crippen molar-refractivity contribution in [2.45, 2.75) is 45.2 Å². The molecule has 0 saturated carbocycles. The first kappa shape index (κ1) is 33.4. The Morgan fingerprint density at radius 3 is 2.23 bits per heavy atom. The number of nitrogens with zero attached hydrogens (tertiary/aromatic N) is 4. The van der Waals surface area contributed by atoms with Crippen LogP contribution in [0.15, 0.2) is 36.4 Å². The minimum atomic E-state index is -1.55. The van der Waals surface area contributed by atoms with Crippen LogP contribution < -0.4 is 15.4 Å². The zero-order chi connectivity index (χ0) is 32.4. The number of para-hydroxylation sites is 1. The number of aromatic nitrogens is 2. The van der Waals surface area contributed by atoms with E-state index >= 15 is 0 Å². The van der Waals surface area contributed by atoms with Gasteiger partial charge in [-0.3, -0.25) is 19.2 Å². The molecule has 1 saturated heterocycles. The molecule has 16 heteroatoms. The molecule has 0 aliphatic carbocycles. The number of carbonyl (C=O) groups excluding carboxylic acids is 4. The second-order valence-corrected chi connectivity index (χ2v) is 10.4. The van der Waals surface area contributed by atoms with Gasteiger partial charge in [0.05, 0.1) is 12.3 Å². The lowest BCUT2D eigenvalue weighted by atomic mass is 10.1. The number of aliphatic carboxylic acids is 2. The van der Waals surface area contributed by atoms with Crippen LogP contribution in [0, 0.1) is 0 Å². The van der Waals surface area contributed by atoms with Gasteiger partial charge in [-0.05, 0) is 39.3 Å². The Balaban J connectivity index is 1.78. The minimum Gasteiger partial charge on any atom is -0.481 e. The maximum Gasteiger partial charge on any atom is 0.409 e. The molecule has 4 amide bonds. The van der Waals surface area contributed by atoms with Crippen molar-refractivity contribution in [3.8, 4) is 11.6 Å². The van der Waals surface area contributed by atoms with Gasteiger partial charge in [-0.2, -0.15) is 5.10 Å². The topological polar surface area (TPSA) is 210 Å². The molecule has 1 fully saturated rings. The summed E-state index contributed by atoms with van der Waals surface area (Å²) in [4.78, 5) is 76.6. The van der Waals surface area contributed by atoms with Gasteiger partial charge in [-0.15, -0.1) is 0 Å². The smallest absolute Gasteiger partial charge is 0.409 e. The van der Waals surface area contributed by atoms with Crippen molar-refractivity contribution in [1.29, 1.82) is 0 Å². The number of piperazine rings is 1. The Bertz CT molecular complexity index is 1370. The van der Waals surface area contributed by atoms with Crippen molar-refractivity contribution in [3.63, 3.8) is 0 Å². The molecule has 16 nitrogen and oxygen atoms in total. The highest BCUT2D eigenvalue weighted by molar-refractivity contribution is 5.96. The van der Waals surface area contributed by atoms with E-state index in [1.165, 1.54) is 34.4 Å². The monoisotopic (exact) mass is 616 g/mol. The quantitative estimate of drug-likeness (QED) is 0.243. The van der Waals surface area contributed by atoms with Gasteiger partial charge in [-0.25, -0.2) is 14.3 Å². The Morgan fingerprint density at radius 2 is 1.64 bits per heavy atom. The molecular formula is C28H36N6O10. The van der Waals surface area contributed by atoms with Gasteiger partial charge in [-0.1, -0.05) is 18.2 Å². The number of nitrogens with one attached hydrogen (secondary N) is 2. The molecule has 0 unspecified atom stereocenters. The number of amides is 4. The lowest BCUT2D eigenvalue weighted by Gasteiger charge is -2.35. The molecule has 1 aromatic carbocycles. The maximum atomic E-state index is 13.4. The van der Waals surface area contributed by atoms with Crippen molar-refractivity contribution >= 4 is 35.8 Å². The normalized spacial score (nSPS) is 13.9. The molecule has 0 bridgehead atoms. The summed E-state index contributed by atoms with van der Waals surface area (Å²) in [6, 6.07) is 8.57. The predicted molar refractivity (Wildman–Crippen MR) is 152 cm³/mol. The first-order valence-electron chi connectivity index (χ1n) is 13.9. The van der Waals surface area contributed by atoms with E-state index in [4.69, 9.17) is 9.47 Å². The van der Waals surface area contributed by atoms with E-state index in [0.29, 0.717) is 5.69 Å². The first-order chi connectivity index (χ1) is 20.8. The average molecular weight is 617 g/mol. The zero-order valence-electron chi connectivity index (χ0n) is 24.6. The number of benzene rings is 1. The lowest BCUT2D eigenvalue weighted by molar-refractivity contribution is -0.146. The van der Waals surface area contributed by atoms with Gasteiger partial charge in [0.2, 0.25) is 11.8 Å². The molecule has 1 aliphatic heterocycles. The van der Waals surface area contributed by atoms with Crippen LogP contribution in [-0.2, 0) is 23.9 Å². The van der Waals surface area contributed by atoms with E-state index in [0.717, 1.165) is 0 Å². The van der Waals surface area contributed by atoms with Crippen LogP contribution in [-0.4, -0.2) is 117 Å².